The average Bonchev–Trinajstić information content (AvgIpc) is 2.10. The summed E-state index contributed by atoms with van der Waals surface area (Å²) in [7, 11) is 1.67. The van der Waals surface area contributed by atoms with Gasteiger partial charge in [-0.25, -0.2) is 8.78 Å². The highest BCUT2D eigenvalue weighted by Crippen LogP contribution is 2.26. The molecule has 0 aliphatic carbocycles. The van der Waals surface area contributed by atoms with Crippen molar-refractivity contribution >= 4 is 0 Å². The number of phenolic OH excluding ortho intramolecular Hbond substituents is 1. The molecule has 4 heteroatoms. The first-order chi connectivity index (χ1) is 6.06. The zero-order valence-electron chi connectivity index (χ0n) is 7.44. The van der Waals surface area contributed by atoms with E-state index in [4.69, 9.17) is 0 Å². The van der Waals surface area contributed by atoms with Crippen LogP contribution in [-0.4, -0.2) is 12.2 Å². The average molecular weight is 187 g/mol. The Kier molecular flexibility index (Phi) is 2.83. The molecule has 13 heavy (non-hydrogen) atoms. The quantitative estimate of drug-likeness (QED) is 0.741. The van der Waals surface area contributed by atoms with E-state index in [0.29, 0.717) is 5.56 Å². The first-order valence-corrected chi connectivity index (χ1v) is 3.91. The molecule has 72 valence electrons. The first kappa shape index (κ1) is 9.92. The topological polar surface area (TPSA) is 32.3 Å². The van der Waals surface area contributed by atoms with Gasteiger partial charge in [-0.1, -0.05) is 0 Å². The standard InChI is InChI=1S/C9H11F2NO/c1-5(12-2)6-3-7(10)8(11)4-9(6)13/h3-5,12-13H,1-2H3. The molecule has 2 N–H and O–H groups in total. The molecule has 0 aliphatic rings. The summed E-state index contributed by atoms with van der Waals surface area (Å²) >= 11 is 0. The molecule has 1 atom stereocenters. The van der Waals surface area contributed by atoms with E-state index >= 15 is 0 Å². The molecule has 1 aromatic rings. The van der Waals surface area contributed by atoms with Gasteiger partial charge in [0.1, 0.15) is 5.75 Å². The molecule has 0 aromatic heterocycles. The van der Waals surface area contributed by atoms with E-state index in [2.05, 4.69) is 5.32 Å². The van der Waals surface area contributed by atoms with Crippen LogP contribution >= 0.6 is 0 Å². The fourth-order valence-corrected chi connectivity index (χ4v) is 1.05. The largest absolute Gasteiger partial charge is 0.507 e. The molecule has 1 aromatic carbocycles. The van der Waals surface area contributed by atoms with Crippen LogP contribution in [0.3, 0.4) is 0 Å². The van der Waals surface area contributed by atoms with E-state index in [1.807, 2.05) is 0 Å². The maximum absolute atomic E-state index is 12.7. The maximum Gasteiger partial charge on any atom is 0.162 e. The van der Waals surface area contributed by atoms with Crippen molar-refractivity contribution in [3.63, 3.8) is 0 Å². The summed E-state index contributed by atoms with van der Waals surface area (Å²) in [6.45, 7) is 1.74. The highest BCUT2D eigenvalue weighted by Gasteiger charge is 2.12. The van der Waals surface area contributed by atoms with Gasteiger partial charge in [0.15, 0.2) is 11.6 Å². The monoisotopic (exact) mass is 187 g/mol. The molecule has 0 heterocycles. The molecule has 0 spiro atoms. The smallest absolute Gasteiger partial charge is 0.162 e. The molecule has 1 unspecified atom stereocenters. The van der Waals surface area contributed by atoms with Crippen molar-refractivity contribution in [2.45, 2.75) is 13.0 Å². The minimum absolute atomic E-state index is 0.213. The van der Waals surface area contributed by atoms with Gasteiger partial charge in [-0.15, -0.1) is 0 Å². The lowest BCUT2D eigenvalue weighted by atomic mass is 10.1. The first-order valence-electron chi connectivity index (χ1n) is 3.91. The van der Waals surface area contributed by atoms with Crippen LogP contribution in [0.4, 0.5) is 8.78 Å². The highest BCUT2D eigenvalue weighted by molar-refractivity contribution is 5.35. The molecule has 0 saturated carbocycles. The Morgan fingerprint density at radius 2 is 1.85 bits per heavy atom. The molecule has 1 rings (SSSR count). The molecule has 0 aliphatic heterocycles. The molecular formula is C9H11F2NO. The summed E-state index contributed by atoms with van der Waals surface area (Å²) in [6, 6.07) is 1.56. The predicted molar refractivity (Wildman–Crippen MR) is 45.5 cm³/mol. The number of phenols is 1. The molecule has 2 nitrogen and oxygen atoms in total. The van der Waals surface area contributed by atoms with Gasteiger partial charge >= 0.3 is 0 Å². The SMILES string of the molecule is CNC(C)c1cc(F)c(F)cc1O. The summed E-state index contributed by atoms with van der Waals surface area (Å²) in [4.78, 5) is 0. The molecule has 0 fully saturated rings. The van der Waals surface area contributed by atoms with Crippen molar-refractivity contribution in [2.75, 3.05) is 7.05 Å². The van der Waals surface area contributed by atoms with E-state index in [1.165, 1.54) is 0 Å². The van der Waals surface area contributed by atoms with Crippen molar-refractivity contribution in [2.24, 2.45) is 0 Å². The Morgan fingerprint density at radius 1 is 1.31 bits per heavy atom. The van der Waals surface area contributed by atoms with Gasteiger partial charge in [0.25, 0.3) is 0 Å². The van der Waals surface area contributed by atoms with Crippen LogP contribution in [0.5, 0.6) is 5.75 Å². The fourth-order valence-electron chi connectivity index (χ4n) is 1.05. The number of rotatable bonds is 2. The van der Waals surface area contributed by atoms with E-state index in [0.717, 1.165) is 12.1 Å². The third kappa shape index (κ3) is 1.95. The second kappa shape index (κ2) is 3.70. The minimum atomic E-state index is -1.04. The summed E-state index contributed by atoms with van der Waals surface area (Å²) in [5, 5.41) is 12.1. The number of hydrogen-bond donors (Lipinski definition) is 2. The van der Waals surface area contributed by atoms with Gasteiger partial charge in [-0.2, -0.15) is 0 Å². The van der Waals surface area contributed by atoms with Crippen LogP contribution in [-0.2, 0) is 0 Å². The number of nitrogens with one attached hydrogen (secondary N) is 1. The van der Waals surface area contributed by atoms with Crippen LogP contribution < -0.4 is 5.32 Å². The summed E-state index contributed by atoms with van der Waals surface area (Å²) < 4.78 is 25.3. The Morgan fingerprint density at radius 3 is 2.38 bits per heavy atom. The lowest BCUT2D eigenvalue weighted by Crippen LogP contribution is -2.12. The second-order valence-corrected chi connectivity index (χ2v) is 2.84. The summed E-state index contributed by atoms with van der Waals surface area (Å²) in [5.74, 6) is -2.22. The van der Waals surface area contributed by atoms with Crippen LogP contribution in [0, 0.1) is 11.6 Å². The minimum Gasteiger partial charge on any atom is -0.507 e. The zero-order chi connectivity index (χ0) is 10.0. The van der Waals surface area contributed by atoms with Gasteiger partial charge in [0, 0.05) is 17.7 Å². The summed E-state index contributed by atoms with van der Waals surface area (Å²) in [5.41, 5.74) is 0.349. The lowest BCUT2D eigenvalue weighted by molar-refractivity contribution is 0.438. The Hall–Kier alpha value is -1.16. The third-order valence-electron chi connectivity index (χ3n) is 1.97. The highest BCUT2D eigenvalue weighted by atomic mass is 19.2. The van der Waals surface area contributed by atoms with Crippen LogP contribution in [0.25, 0.3) is 0 Å². The van der Waals surface area contributed by atoms with Gasteiger partial charge in [-0.05, 0) is 20.0 Å². The van der Waals surface area contributed by atoms with Crippen LogP contribution in [0.2, 0.25) is 0 Å². The molecule has 0 amide bonds. The van der Waals surface area contributed by atoms with E-state index in [1.54, 1.807) is 14.0 Å². The zero-order valence-corrected chi connectivity index (χ0v) is 7.44. The van der Waals surface area contributed by atoms with Crippen molar-refractivity contribution in [3.8, 4) is 5.75 Å². The summed E-state index contributed by atoms with van der Waals surface area (Å²) in [6.07, 6.45) is 0. The normalized spacial score (nSPS) is 12.9. The van der Waals surface area contributed by atoms with Crippen molar-refractivity contribution in [1.29, 1.82) is 0 Å². The number of hydrogen-bond acceptors (Lipinski definition) is 2. The third-order valence-corrected chi connectivity index (χ3v) is 1.97. The number of halogens is 2. The lowest BCUT2D eigenvalue weighted by Gasteiger charge is -2.12. The van der Waals surface area contributed by atoms with E-state index < -0.39 is 11.6 Å². The Labute approximate surface area is 75.2 Å². The second-order valence-electron chi connectivity index (χ2n) is 2.84. The molecular weight excluding hydrogens is 176 g/mol. The fraction of sp³-hybridized carbons (Fsp3) is 0.333. The molecule has 0 radical (unpaired) electrons. The van der Waals surface area contributed by atoms with Crippen LogP contribution in [0.1, 0.15) is 18.5 Å². The maximum atomic E-state index is 12.7. The van der Waals surface area contributed by atoms with Gasteiger partial charge < -0.3 is 10.4 Å². The molecule has 0 saturated heterocycles. The van der Waals surface area contributed by atoms with Crippen molar-refractivity contribution in [3.05, 3.63) is 29.3 Å². The van der Waals surface area contributed by atoms with Gasteiger partial charge in [0.05, 0.1) is 0 Å². The number of benzene rings is 1. The Balaban J connectivity index is 3.15. The van der Waals surface area contributed by atoms with E-state index in [-0.39, 0.29) is 11.8 Å². The Bertz CT molecular complexity index is 315. The van der Waals surface area contributed by atoms with Gasteiger partial charge in [-0.3, -0.25) is 0 Å². The van der Waals surface area contributed by atoms with Gasteiger partial charge in [0.2, 0.25) is 0 Å². The molecule has 0 bridgehead atoms. The number of aromatic hydroxyl groups is 1. The predicted octanol–water partition coefficient (Wildman–Crippen LogP) is 1.95. The van der Waals surface area contributed by atoms with Crippen molar-refractivity contribution in [1.82, 2.24) is 5.32 Å². The van der Waals surface area contributed by atoms with E-state index in [9.17, 15) is 13.9 Å². The van der Waals surface area contributed by atoms with Crippen LogP contribution in [0.15, 0.2) is 12.1 Å². The van der Waals surface area contributed by atoms with Crippen molar-refractivity contribution < 1.29 is 13.9 Å².